The van der Waals surface area contributed by atoms with Gasteiger partial charge in [0, 0.05) is 56.0 Å². The smallest absolute Gasteiger partial charge is 0.261 e. The molecule has 0 radical (unpaired) electrons. The lowest BCUT2D eigenvalue weighted by Gasteiger charge is -2.47. The molecule has 2 aromatic carbocycles. The predicted octanol–water partition coefficient (Wildman–Crippen LogP) is 4.70. The molecule has 2 saturated heterocycles. The van der Waals surface area contributed by atoms with Crippen LogP contribution in [0.15, 0.2) is 47.3 Å². The fourth-order valence-electron chi connectivity index (χ4n) is 7.28. The summed E-state index contributed by atoms with van der Waals surface area (Å²) in [4.78, 5) is 26.4. The zero-order valence-electron chi connectivity index (χ0n) is 25.7. The van der Waals surface area contributed by atoms with Crippen molar-refractivity contribution in [2.45, 2.75) is 83.6 Å². The minimum atomic E-state index is -0.134. The minimum Gasteiger partial charge on any atom is -0.508 e. The van der Waals surface area contributed by atoms with Gasteiger partial charge in [0.15, 0.2) is 0 Å². The fraction of sp³-hybridized carbons (Fsp3) is 0.576. The summed E-state index contributed by atoms with van der Waals surface area (Å²) in [7, 11) is 4.25. The van der Waals surface area contributed by atoms with E-state index in [0.717, 1.165) is 74.5 Å². The Morgan fingerprint density at radius 2 is 1.78 bits per heavy atom. The van der Waals surface area contributed by atoms with Crippen LogP contribution < -0.4 is 15.8 Å². The molecule has 2 fully saturated rings. The molecule has 2 aliphatic rings. The monoisotopic (exact) mass is 560 g/mol. The Bertz CT molecular complexity index is 1400. The van der Waals surface area contributed by atoms with Gasteiger partial charge in [-0.2, -0.15) is 0 Å². The largest absolute Gasteiger partial charge is 0.508 e. The molecule has 2 N–H and O–H groups in total. The molecule has 1 unspecified atom stereocenters. The number of phenols is 1. The Labute approximate surface area is 245 Å². The van der Waals surface area contributed by atoms with Gasteiger partial charge in [-0.15, -0.1) is 0 Å². The number of aromatic nitrogens is 2. The van der Waals surface area contributed by atoms with Gasteiger partial charge in [0.05, 0.1) is 16.9 Å². The third-order valence-corrected chi connectivity index (χ3v) is 9.37. The van der Waals surface area contributed by atoms with Crippen molar-refractivity contribution in [3.63, 3.8) is 0 Å². The topological polar surface area (TPSA) is 76.9 Å². The highest BCUT2D eigenvalue weighted by Gasteiger charge is 2.38. The first kappa shape index (κ1) is 29.5. The second-order valence-corrected chi connectivity index (χ2v) is 12.4. The highest BCUT2D eigenvalue weighted by molar-refractivity contribution is 5.82. The molecule has 3 heterocycles. The number of benzene rings is 2. The van der Waals surface area contributed by atoms with Gasteiger partial charge < -0.3 is 15.3 Å². The van der Waals surface area contributed by atoms with Crippen LogP contribution in [0.3, 0.4) is 0 Å². The van der Waals surface area contributed by atoms with Crippen molar-refractivity contribution < 1.29 is 5.11 Å². The second kappa shape index (κ2) is 12.1. The number of piperazine rings is 1. The third-order valence-electron chi connectivity index (χ3n) is 9.37. The molecule has 0 bridgehead atoms. The number of nitrogens with zero attached hydrogens (tertiary/aromatic N) is 5. The maximum absolute atomic E-state index is 14.0. The molecule has 3 aromatic rings. The van der Waals surface area contributed by atoms with Gasteiger partial charge in [-0.1, -0.05) is 25.5 Å². The van der Waals surface area contributed by atoms with Crippen LogP contribution in [0.4, 0.5) is 5.69 Å². The molecule has 5 rings (SSSR count). The zero-order chi connectivity index (χ0) is 29.3. The van der Waals surface area contributed by atoms with Crippen LogP contribution in [0.1, 0.15) is 70.8 Å². The predicted molar refractivity (Wildman–Crippen MR) is 168 cm³/mol. The van der Waals surface area contributed by atoms with Gasteiger partial charge in [0.25, 0.3) is 5.56 Å². The average molecular weight is 561 g/mol. The van der Waals surface area contributed by atoms with Gasteiger partial charge in [-0.05, 0) is 90.0 Å². The van der Waals surface area contributed by atoms with E-state index in [4.69, 9.17) is 4.98 Å². The Hall–Kier alpha value is -2.94. The fourth-order valence-corrected chi connectivity index (χ4v) is 7.28. The summed E-state index contributed by atoms with van der Waals surface area (Å²) in [5.41, 5.74) is 2.94. The third kappa shape index (κ3) is 5.74. The van der Waals surface area contributed by atoms with Gasteiger partial charge in [-0.25, -0.2) is 4.98 Å². The summed E-state index contributed by atoms with van der Waals surface area (Å²) >= 11 is 0. The highest BCUT2D eigenvalue weighted by atomic mass is 16.3. The molecule has 0 aliphatic carbocycles. The van der Waals surface area contributed by atoms with Crippen LogP contribution >= 0.6 is 0 Å². The van der Waals surface area contributed by atoms with Gasteiger partial charge in [-0.3, -0.25) is 19.2 Å². The molecule has 3 atom stereocenters. The maximum Gasteiger partial charge on any atom is 0.261 e. The van der Waals surface area contributed by atoms with Crippen LogP contribution in [0, 0.1) is 0 Å². The lowest BCUT2D eigenvalue weighted by molar-refractivity contribution is 0.109. The van der Waals surface area contributed by atoms with E-state index in [1.165, 1.54) is 0 Å². The molecule has 0 saturated carbocycles. The molecular weight excluding hydrogens is 512 g/mol. The Morgan fingerprint density at radius 1 is 1.07 bits per heavy atom. The Morgan fingerprint density at radius 3 is 2.39 bits per heavy atom. The first-order valence-corrected chi connectivity index (χ1v) is 15.4. The van der Waals surface area contributed by atoms with Gasteiger partial charge in [0.2, 0.25) is 0 Å². The quantitative estimate of drug-likeness (QED) is 0.414. The zero-order valence-corrected chi connectivity index (χ0v) is 25.7. The van der Waals surface area contributed by atoms with E-state index in [9.17, 15) is 9.90 Å². The summed E-state index contributed by atoms with van der Waals surface area (Å²) in [6, 6.07) is 14.9. The van der Waals surface area contributed by atoms with Crippen molar-refractivity contribution in [2.24, 2.45) is 0 Å². The summed E-state index contributed by atoms with van der Waals surface area (Å²) in [5, 5.41) is 14.5. The summed E-state index contributed by atoms with van der Waals surface area (Å²) in [6.45, 7) is 13.0. The summed E-state index contributed by atoms with van der Waals surface area (Å²) in [6.07, 6.45) is 3.88. The number of nitrogens with one attached hydrogen (secondary N) is 1. The molecule has 8 nitrogen and oxygen atoms in total. The Balaban J connectivity index is 1.45. The van der Waals surface area contributed by atoms with Crippen LogP contribution in [-0.4, -0.2) is 76.8 Å². The SMILES string of the molecule is CCCC(c1nc2ccc(N3CCC(c4cccc(O)c4)(N(C)C)CC3)cc2c(=O)n1CC)N1C[C@@H](C)N[C@@H](C)C1. The maximum atomic E-state index is 14.0. The number of hydrogen-bond acceptors (Lipinski definition) is 7. The van der Waals surface area contributed by atoms with E-state index in [-0.39, 0.29) is 17.1 Å². The Kier molecular flexibility index (Phi) is 8.73. The first-order chi connectivity index (χ1) is 19.7. The second-order valence-electron chi connectivity index (χ2n) is 12.4. The number of piperidine rings is 1. The molecule has 222 valence electrons. The number of rotatable bonds is 8. The van der Waals surface area contributed by atoms with E-state index < -0.39 is 0 Å². The molecule has 8 heteroatoms. The van der Waals surface area contributed by atoms with E-state index in [2.05, 4.69) is 80.0 Å². The number of aromatic hydroxyl groups is 1. The van der Waals surface area contributed by atoms with E-state index in [1.807, 2.05) is 22.8 Å². The van der Waals surface area contributed by atoms with Crippen molar-refractivity contribution in [3.05, 3.63) is 64.2 Å². The van der Waals surface area contributed by atoms with Crippen molar-refractivity contribution in [2.75, 3.05) is 45.2 Å². The number of fused-ring (bicyclic) bond motifs is 1. The van der Waals surface area contributed by atoms with Crippen LogP contribution in [-0.2, 0) is 12.1 Å². The van der Waals surface area contributed by atoms with Crippen LogP contribution in [0.5, 0.6) is 5.75 Å². The number of phenolic OH excluding ortho intramolecular Hbond substituents is 1. The normalized spacial score (nSPS) is 22.4. The highest BCUT2D eigenvalue weighted by Crippen LogP contribution is 2.40. The van der Waals surface area contributed by atoms with Crippen LogP contribution in [0.25, 0.3) is 10.9 Å². The van der Waals surface area contributed by atoms with Gasteiger partial charge >= 0.3 is 0 Å². The van der Waals surface area contributed by atoms with Crippen molar-refractivity contribution in [3.8, 4) is 5.75 Å². The van der Waals surface area contributed by atoms with E-state index in [0.29, 0.717) is 29.8 Å². The molecule has 0 amide bonds. The molecular formula is C33H48N6O2. The van der Waals surface area contributed by atoms with E-state index in [1.54, 1.807) is 6.07 Å². The first-order valence-electron chi connectivity index (χ1n) is 15.4. The molecule has 41 heavy (non-hydrogen) atoms. The van der Waals surface area contributed by atoms with Gasteiger partial charge in [0.1, 0.15) is 11.6 Å². The summed E-state index contributed by atoms with van der Waals surface area (Å²) in [5.74, 6) is 1.21. The average Bonchev–Trinajstić information content (AvgIpc) is 2.95. The molecule has 0 spiro atoms. The van der Waals surface area contributed by atoms with Crippen molar-refractivity contribution >= 4 is 16.6 Å². The standard InChI is InChI=1S/C33H48N6O2/c1-7-10-30(38-21-23(3)34-24(4)22-38)31-35-29-14-13-26(20-28(29)32(41)39(31)8-2)37-17-15-33(16-18-37,36(5)6)25-11-9-12-27(40)19-25/h9,11-14,19-20,23-24,30,34,40H,7-8,10,15-18,21-22H2,1-6H3/t23-,24+,30?. The summed E-state index contributed by atoms with van der Waals surface area (Å²) < 4.78 is 1.92. The van der Waals surface area contributed by atoms with Crippen LogP contribution in [0.2, 0.25) is 0 Å². The van der Waals surface area contributed by atoms with Crippen molar-refractivity contribution in [1.82, 2.24) is 24.7 Å². The minimum absolute atomic E-state index is 0.0612. The molecule has 1 aromatic heterocycles. The molecule has 2 aliphatic heterocycles. The number of anilines is 1. The van der Waals surface area contributed by atoms with E-state index >= 15 is 0 Å². The van der Waals surface area contributed by atoms with Crippen molar-refractivity contribution in [1.29, 1.82) is 0 Å². The lowest BCUT2D eigenvalue weighted by Crippen LogP contribution is -2.55. The lowest BCUT2D eigenvalue weighted by atomic mass is 9.79. The number of hydrogen-bond donors (Lipinski definition) is 2.